The van der Waals surface area contributed by atoms with Gasteiger partial charge in [0.2, 0.25) is 0 Å². The summed E-state index contributed by atoms with van der Waals surface area (Å²) in [6, 6.07) is 11.2. The Balaban J connectivity index is 1.31. The highest BCUT2D eigenvalue weighted by Gasteiger charge is 2.28. The number of carbonyl (C=O) groups excluding carboxylic acids is 1. The van der Waals surface area contributed by atoms with E-state index < -0.39 is 0 Å². The number of Topliss-reactive ketones (excluding diaryl/α,β-unsaturated/α-hetero) is 1. The molecule has 8 heteroatoms. The van der Waals surface area contributed by atoms with Gasteiger partial charge in [-0.3, -0.25) is 24.6 Å². The van der Waals surface area contributed by atoms with Gasteiger partial charge < -0.3 is 14.9 Å². The predicted molar refractivity (Wildman–Crippen MR) is 131 cm³/mol. The number of aliphatic hydroxyl groups is 2. The fraction of sp³-hybridized carbons (Fsp3) is 0.423. The number of nitrogens with zero attached hydrogens (tertiary/aromatic N) is 4. The molecular weight excluding hydrogens is 432 g/mol. The van der Waals surface area contributed by atoms with Crippen LogP contribution in [0.25, 0.3) is 0 Å². The number of ketones is 1. The number of hydrogen-bond acceptors (Lipinski definition) is 8. The van der Waals surface area contributed by atoms with Gasteiger partial charge in [0.1, 0.15) is 17.3 Å². The molecule has 1 saturated heterocycles. The molecule has 1 aromatic carbocycles. The van der Waals surface area contributed by atoms with Crippen molar-refractivity contribution in [1.29, 1.82) is 0 Å². The van der Waals surface area contributed by atoms with Crippen LogP contribution in [0.5, 0.6) is 11.5 Å². The molecule has 180 valence electrons. The van der Waals surface area contributed by atoms with Crippen LogP contribution < -0.4 is 4.74 Å². The maximum Gasteiger partial charge on any atom is 0.168 e. The molecular formula is C26H32N4O4. The molecule has 0 amide bonds. The fourth-order valence-electron chi connectivity index (χ4n) is 4.40. The van der Waals surface area contributed by atoms with Crippen molar-refractivity contribution in [3.63, 3.8) is 0 Å². The average molecular weight is 465 g/mol. The number of hydrogen-bond donors (Lipinski definition) is 2. The summed E-state index contributed by atoms with van der Waals surface area (Å²) in [6.45, 7) is 6.13. The maximum absolute atomic E-state index is 12.8. The lowest BCUT2D eigenvalue weighted by atomic mass is 9.83. The van der Waals surface area contributed by atoms with Crippen LogP contribution in [0.1, 0.15) is 24.3 Å². The Morgan fingerprint density at radius 3 is 2.47 bits per heavy atom. The minimum atomic E-state index is -0.0964. The number of piperazine rings is 1. The molecule has 0 radical (unpaired) electrons. The molecule has 2 N–H and O–H groups in total. The number of rotatable bonds is 9. The molecule has 2 heterocycles. The zero-order valence-corrected chi connectivity index (χ0v) is 19.3. The third-order valence-corrected chi connectivity index (χ3v) is 6.34. The van der Waals surface area contributed by atoms with Crippen LogP contribution in [0, 0.1) is 0 Å². The quantitative estimate of drug-likeness (QED) is 0.551. The van der Waals surface area contributed by atoms with Crippen LogP contribution in [-0.4, -0.2) is 89.4 Å². The number of β-amino-alcohol motifs (C(OH)–C–C–N with tert-alkyl or cyclic N) is 1. The third-order valence-electron chi connectivity index (χ3n) is 6.34. The van der Waals surface area contributed by atoms with Crippen LogP contribution in [-0.2, 0) is 4.79 Å². The van der Waals surface area contributed by atoms with Gasteiger partial charge in [-0.1, -0.05) is 12.1 Å². The maximum atomic E-state index is 12.8. The average Bonchev–Trinajstić information content (AvgIpc) is 2.85. The summed E-state index contributed by atoms with van der Waals surface area (Å²) >= 11 is 0. The molecule has 2 aliphatic rings. The zero-order valence-electron chi connectivity index (χ0n) is 19.3. The smallest absolute Gasteiger partial charge is 0.168 e. The van der Waals surface area contributed by atoms with Gasteiger partial charge in [0.15, 0.2) is 5.78 Å². The Labute approximate surface area is 200 Å². The van der Waals surface area contributed by atoms with Crippen molar-refractivity contribution in [2.75, 3.05) is 52.4 Å². The van der Waals surface area contributed by atoms with Crippen LogP contribution in [0.15, 0.2) is 65.1 Å². The molecule has 34 heavy (non-hydrogen) atoms. The first-order valence-corrected chi connectivity index (χ1v) is 11.8. The van der Waals surface area contributed by atoms with Gasteiger partial charge in [-0.2, -0.15) is 0 Å². The van der Waals surface area contributed by atoms with Crippen molar-refractivity contribution >= 4 is 12.0 Å². The lowest BCUT2D eigenvalue weighted by molar-refractivity contribution is -0.116. The first-order chi connectivity index (χ1) is 16.6. The molecule has 1 atom stereocenters. The van der Waals surface area contributed by atoms with Gasteiger partial charge in [0.05, 0.1) is 18.7 Å². The van der Waals surface area contributed by atoms with Gasteiger partial charge in [0.25, 0.3) is 0 Å². The minimum Gasteiger partial charge on any atom is -0.511 e. The topological polar surface area (TPSA) is 98.5 Å². The SMILES string of the molecule is O=C1CC(c2cccc(Oc3ccncc3)c2)CC(O)=C1C=NCCN1CCN(CCO)CC1. The van der Waals surface area contributed by atoms with Gasteiger partial charge in [-0.15, -0.1) is 0 Å². The second kappa shape index (κ2) is 11.9. The van der Waals surface area contributed by atoms with Gasteiger partial charge >= 0.3 is 0 Å². The minimum absolute atomic E-state index is 0.0874. The Hall–Kier alpha value is -3.07. The van der Waals surface area contributed by atoms with Gasteiger partial charge in [-0.25, -0.2) is 0 Å². The number of aliphatic imine (C=N–C) groups is 1. The summed E-state index contributed by atoms with van der Waals surface area (Å²) in [7, 11) is 0. The van der Waals surface area contributed by atoms with E-state index in [4.69, 9.17) is 9.84 Å². The van der Waals surface area contributed by atoms with Crippen molar-refractivity contribution in [1.82, 2.24) is 14.8 Å². The molecule has 1 aliphatic heterocycles. The van der Waals surface area contributed by atoms with E-state index in [1.165, 1.54) is 0 Å². The first kappa shape index (κ1) is 24.1. The Morgan fingerprint density at radius 2 is 1.76 bits per heavy atom. The lowest BCUT2D eigenvalue weighted by Gasteiger charge is -2.33. The van der Waals surface area contributed by atoms with Crippen molar-refractivity contribution in [2.45, 2.75) is 18.8 Å². The van der Waals surface area contributed by atoms with Crippen LogP contribution in [0.3, 0.4) is 0 Å². The van der Waals surface area contributed by atoms with E-state index in [0.717, 1.165) is 44.8 Å². The summed E-state index contributed by atoms with van der Waals surface area (Å²) in [5, 5.41) is 19.6. The number of allylic oxidation sites excluding steroid dienone is 2. The van der Waals surface area contributed by atoms with E-state index in [2.05, 4.69) is 19.8 Å². The largest absolute Gasteiger partial charge is 0.511 e. The molecule has 8 nitrogen and oxygen atoms in total. The molecule has 1 fully saturated rings. The molecule has 0 spiro atoms. The molecule has 2 aromatic rings. The molecule has 0 saturated carbocycles. The number of aliphatic hydroxyl groups excluding tert-OH is 2. The highest BCUT2D eigenvalue weighted by atomic mass is 16.5. The summed E-state index contributed by atoms with van der Waals surface area (Å²) < 4.78 is 5.88. The predicted octanol–water partition coefficient (Wildman–Crippen LogP) is 2.81. The van der Waals surface area contributed by atoms with E-state index in [1.807, 2.05) is 24.3 Å². The summed E-state index contributed by atoms with van der Waals surface area (Å²) in [6.07, 6.45) is 5.61. The second-order valence-electron chi connectivity index (χ2n) is 8.69. The summed E-state index contributed by atoms with van der Waals surface area (Å²) in [5.41, 5.74) is 1.29. The van der Waals surface area contributed by atoms with Crippen LogP contribution in [0.4, 0.5) is 0 Å². The number of aromatic nitrogens is 1. The third kappa shape index (κ3) is 6.50. The Morgan fingerprint density at radius 1 is 1.03 bits per heavy atom. The summed E-state index contributed by atoms with van der Waals surface area (Å²) in [5.74, 6) is 1.30. The zero-order chi connectivity index (χ0) is 23.8. The van der Waals surface area contributed by atoms with E-state index in [1.54, 1.807) is 30.7 Å². The fourth-order valence-corrected chi connectivity index (χ4v) is 4.40. The molecule has 1 unspecified atom stereocenters. The van der Waals surface area contributed by atoms with E-state index in [0.29, 0.717) is 36.5 Å². The van der Waals surface area contributed by atoms with E-state index in [9.17, 15) is 9.90 Å². The van der Waals surface area contributed by atoms with Crippen molar-refractivity contribution in [3.8, 4) is 11.5 Å². The molecule has 0 bridgehead atoms. The van der Waals surface area contributed by atoms with Crippen molar-refractivity contribution in [3.05, 3.63) is 65.7 Å². The monoisotopic (exact) mass is 464 g/mol. The second-order valence-corrected chi connectivity index (χ2v) is 8.69. The molecule has 4 rings (SSSR count). The van der Waals surface area contributed by atoms with Crippen LogP contribution in [0.2, 0.25) is 0 Å². The number of pyridine rings is 1. The number of carbonyl (C=O) groups is 1. The van der Waals surface area contributed by atoms with Crippen LogP contribution >= 0.6 is 0 Å². The first-order valence-electron chi connectivity index (χ1n) is 11.8. The summed E-state index contributed by atoms with van der Waals surface area (Å²) in [4.78, 5) is 25.8. The highest BCUT2D eigenvalue weighted by Crippen LogP contribution is 2.35. The number of ether oxygens (including phenoxy) is 1. The Kier molecular flexibility index (Phi) is 8.41. The van der Waals surface area contributed by atoms with Crippen molar-refractivity contribution < 1.29 is 19.7 Å². The highest BCUT2D eigenvalue weighted by molar-refractivity contribution is 6.14. The molecule has 1 aliphatic carbocycles. The van der Waals surface area contributed by atoms with E-state index >= 15 is 0 Å². The normalized spacial score (nSPS) is 20.3. The van der Waals surface area contributed by atoms with Gasteiger partial charge in [0, 0.05) is 70.7 Å². The molecule has 1 aromatic heterocycles. The van der Waals surface area contributed by atoms with E-state index in [-0.39, 0.29) is 24.1 Å². The Bertz CT molecular complexity index is 1020. The standard InChI is InChI=1S/C26H32N4O4/c31-15-14-30-12-10-29(11-13-30)9-8-28-19-24-25(32)17-21(18-26(24)33)20-2-1-3-23(16-20)34-22-4-6-27-7-5-22/h1-7,16,19,21,31-32H,8-15,17-18H2. The lowest BCUT2D eigenvalue weighted by Crippen LogP contribution is -2.47. The van der Waals surface area contributed by atoms with Gasteiger partial charge in [-0.05, 0) is 35.7 Å². The van der Waals surface area contributed by atoms with Crippen molar-refractivity contribution in [2.24, 2.45) is 4.99 Å². The number of benzene rings is 1.